The standard InChI is InChI=1S/C5H8N2O.ClH/c6-3-5(7)1-2-8-4-5;/h1-2,4,7H2;1H. The molecule has 2 N–H and O–H groups in total. The van der Waals surface area contributed by atoms with Gasteiger partial charge in [0.05, 0.1) is 12.7 Å². The van der Waals surface area contributed by atoms with Crippen LogP contribution >= 0.6 is 12.4 Å². The molecule has 1 rings (SSSR count). The fourth-order valence-electron chi connectivity index (χ4n) is 0.669. The zero-order valence-electron chi connectivity index (χ0n) is 4.96. The number of halogens is 1. The van der Waals surface area contributed by atoms with Crippen molar-refractivity contribution in [3.05, 3.63) is 0 Å². The van der Waals surface area contributed by atoms with Gasteiger partial charge in [-0.1, -0.05) is 0 Å². The number of nitrogens with zero attached hydrogens (tertiary/aromatic N) is 1. The van der Waals surface area contributed by atoms with Crippen molar-refractivity contribution in [3.63, 3.8) is 0 Å². The third-order valence-electron chi connectivity index (χ3n) is 1.27. The SMILES string of the molecule is Cl.N#CC1(N)CCOC1. The summed E-state index contributed by atoms with van der Waals surface area (Å²) >= 11 is 0. The number of rotatable bonds is 0. The van der Waals surface area contributed by atoms with Gasteiger partial charge < -0.3 is 10.5 Å². The smallest absolute Gasteiger partial charge is 0.130 e. The van der Waals surface area contributed by atoms with E-state index in [1.807, 2.05) is 6.07 Å². The monoisotopic (exact) mass is 148 g/mol. The van der Waals surface area contributed by atoms with Gasteiger partial charge in [-0.15, -0.1) is 12.4 Å². The van der Waals surface area contributed by atoms with E-state index in [4.69, 9.17) is 15.7 Å². The zero-order chi connectivity index (χ0) is 6.04. The quantitative estimate of drug-likeness (QED) is 0.528. The second-order valence-electron chi connectivity index (χ2n) is 2.07. The average Bonchev–Trinajstić information content (AvgIpc) is 2.17. The van der Waals surface area contributed by atoms with Gasteiger partial charge in [0.15, 0.2) is 0 Å². The second kappa shape index (κ2) is 3.02. The second-order valence-corrected chi connectivity index (χ2v) is 2.07. The van der Waals surface area contributed by atoms with Gasteiger partial charge >= 0.3 is 0 Å². The Kier molecular flexibility index (Phi) is 2.92. The molecule has 9 heavy (non-hydrogen) atoms. The van der Waals surface area contributed by atoms with E-state index >= 15 is 0 Å². The fraction of sp³-hybridized carbons (Fsp3) is 0.800. The molecule has 1 atom stereocenters. The minimum absolute atomic E-state index is 0. The number of hydrogen-bond acceptors (Lipinski definition) is 3. The molecule has 0 radical (unpaired) electrons. The molecule has 1 fully saturated rings. The Balaban J connectivity index is 0.000000640. The van der Waals surface area contributed by atoms with Crippen molar-refractivity contribution in [1.82, 2.24) is 0 Å². The van der Waals surface area contributed by atoms with E-state index < -0.39 is 5.54 Å². The van der Waals surface area contributed by atoms with Crippen molar-refractivity contribution < 1.29 is 4.74 Å². The Morgan fingerprint density at radius 2 is 2.33 bits per heavy atom. The van der Waals surface area contributed by atoms with Crippen LogP contribution in [0.3, 0.4) is 0 Å². The van der Waals surface area contributed by atoms with Crippen LogP contribution in [0.4, 0.5) is 0 Å². The van der Waals surface area contributed by atoms with Crippen molar-refractivity contribution >= 4 is 12.4 Å². The van der Waals surface area contributed by atoms with Crippen molar-refractivity contribution in [3.8, 4) is 6.07 Å². The maximum atomic E-state index is 8.37. The normalized spacial score (nSPS) is 32.9. The van der Waals surface area contributed by atoms with Crippen LogP contribution in [0.15, 0.2) is 0 Å². The Morgan fingerprint density at radius 3 is 2.56 bits per heavy atom. The minimum Gasteiger partial charge on any atom is -0.378 e. The Morgan fingerprint density at radius 1 is 1.67 bits per heavy atom. The van der Waals surface area contributed by atoms with E-state index in [1.54, 1.807) is 0 Å². The van der Waals surface area contributed by atoms with E-state index in [0.717, 1.165) is 0 Å². The van der Waals surface area contributed by atoms with Crippen molar-refractivity contribution in [2.45, 2.75) is 12.0 Å². The molecule has 1 unspecified atom stereocenters. The molecule has 0 bridgehead atoms. The number of nitrogens with two attached hydrogens (primary N) is 1. The van der Waals surface area contributed by atoms with Gasteiger partial charge in [0.2, 0.25) is 0 Å². The highest BCUT2D eigenvalue weighted by atomic mass is 35.5. The lowest BCUT2D eigenvalue weighted by Gasteiger charge is -2.07. The topological polar surface area (TPSA) is 59.0 Å². The first kappa shape index (κ1) is 8.70. The predicted octanol–water partition coefficient (Wildman–Crippen LogP) is 0.0496. The third-order valence-corrected chi connectivity index (χ3v) is 1.27. The van der Waals surface area contributed by atoms with Gasteiger partial charge in [0.25, 0.3) is 0 Å². The van der Waals surface area contributed by atoms with Crippen LogP contribution in [-0.2, 0) is 4.74 Å². The summed E-state index contributed by atoms with van der Waals surface area (Å²) in [5.74, 6) is 0. The highest BCUT2D eigenvalue weighted by Crippen LogP contribution is 2.12. The maximum absolute atomic E-state index is 8.37. The molecule has 0 spiro atoms. The van der Waals surface area contributed by atoms with Gasteiger partial charge in [-0.25, -0.2) is 0 Å². The van der Waals surface area contributed by atoms with Crippen molar-refractivity contribution in [2.75, 3.05) is 13.2 Å². The lowest BCUT2D eigenvalue weighted by atomic mass is 10.0. The van der Waals surface area contributed by atoms with E-state index in [0.29, 0.717) is 19.6 Å². The number of ether oxygens (including phenoxy) is 1. The maximum Gasteiger partial charge on any atom is 0.130 e. The van der Waals surface area contributed by atoms with Crippen LogP contribution < -0.4 is 5.73 Å². The Bertz CT molecular complexity index is 125. The van der Waals surface area contributed by atoms with E-state index in [-0.39, 0.29) is 12.4 Å². The first-order valence-electron chi connectivity index (χ1n) is 2.55. The molecule has 0 saturated carbocycles. The average molecular weight is 149 g/mol. The molecule has 52 valence electrons. The fourth-order valence-corrected chi connectivity index (χ4v) is 0.669. The summed E-state index contributed by atoms with van der Waals surface area (Å²) in [5.41, 5.74) is 4.79. The molecule has 1 aliphatic rings. The highest BCUT2D eigenvalue weighted by molar-refractivity contribution is 5.85. The molecule has 4 heteroatoms. The minimum atomic E-state index is -0.681. The molecule has 0 aliphatic carbocycles. The van der Waals surface area contributed by atoms with Gasteiger partial charge in [0.1, 0.15) is 5.54 Å². The van der Waals surface area contributed by atoms with Gasteiger partial charge in [0, 0.05) is 13.0 Å². The molecule has 0 aromatic rings. The molecule has 1 aliphatic heterocycles. The number of nitriles is 1. The van der Waals surface area contributed by atoms with E-state index in [1.165, 1.54) is 0 Å². The molecule has 0 aromatic heterocycles. The summed E-state index contributed by atoms with van der Waals surface area (Å²) in [5, 5.41) is 8.37. The van der Waals surface area contributed by atoms with Crippen LogP contribution in [0.5, 0.6) is 0 Å². The summed E-state index contributed by atoms with van der Waals surface area (Å²) in [6.45, 7) is 1.02. The molecule has 1 saturated heterocycles. The van der Waals surface area contributed by atoms with E-state index in [9.17, 15) is 0 Å². The molecule has 3 nitrogen and oxygen atoms in total. The molecular formula is C5H9ClN2O. The Labute approximate surface area is 60.2 Å². The van der Waals surface area contributed by atoms with Crippen LogP contribution in [0.25, 0.3) is 0 Å². The summed E-state index contributed by atoms with van der Waals surface area (Å²) in [7, 11) is 0. The van der Waals surface area contributed by atoms with E-state index in [2.05, 4.69) is 0 Å². The first-order valence-corrected chi connectivity index (χ1v) is 2.55. The van der Waals surface area contributed by atoms with Crippen molar-refractivity contribution in [2.24, 2.45) is 5.73 Å². The molecular weight excluding hydrogens is 140 g/mol. The van der Waals surface area contributed by atoms with Crippen LogP contribution in [-0.4, -0.2) is 18.8 Å². The lowest BCUT2D eigenvalue weighted by Crippen LogP contribution is -2.38. The van der Waals surface area contributed by atoms with Gasteiger partial charge in [-0.05, 0) is 0 Å². The van der Waals surface area contributed by atoms with Crippen LogP contribution in [0, 0.1) is 11.3 Å². The summed E-state index contributed by atoms with van der Waals surface area (Å²) in [6, 6.07) is 1.99. The lowest BCUT2D eigenvalue weighted by molar-refractivity contribution is 0.187. The highest BCUT2D eigenvalue weighted by Gasteiger charge is 2.29. The van der Waals surface area contributed by atoms with Crippen LogP contribution in [0.1, 0.15) is 6.42 Å². The Hall–Kier alpha value is -0.300. The molecule has 1 heterocycles. The predicted molar refractivity (Wildman–Crippen MR) is 35.2 cm³/mol. The number of hydrogen-bond donors (Lipinski definition) is 1. The summed E-state index contributed by atoms with van der Waals surface area (Å²) in [4.78, 5) is 0. The molecule has 0 aromatic carbocycles. The summed E-state index contributed by atoms with van der Waals surface area (Å²) < 4.78 is 4.90. The molecule has 0 amide bonds. The van der Waals surface area contributed by atoms with Crippen molar-refractivity contribution in [1.29, 1.82) is 5.26 Å². The third kappa shape index (κ3) is 1.83. The zero-order valence-corrected chi connectivity index (χ0v) is 5.78. The van der Waals surface area contributed by atoms with Gasteiger partial charge in [-0.2, -0.15) is 5.26 Å². The summed E-state index contributed by atoms with van der Waals surface area (Å²) in [6.07, 6.45) is 0.670. The first-order chi connectivity index (χ1) is 3.77. The van der Waals surface area contributed by atoms with Gasteiger partial charge in [-0.3, -0.25) is 0 Å². The largest absolute Gasteiger partial charge is 0.378 e. The van der Waals surface area contributed by atoms with Crippen LogP contribution in [0.2, 0.25) is 0 Å².